The summed E-state index contributed by atoms with van der Waals surface area (Å²) in [6.07, 6.45) is 0.435. The summed E-state index contributed by atoms with van der Waals surface area (Å²) in [7, 11) is 0. The molecule has 1 aromatic heterocycles. The van der Waals surface area contributed by atoms with Gasteiger partial charge in [-0.05, 0) is 37.6 Å². The molecule has 0 saturated carbocycles. The fourth-order valence-electron chi connectivity index (χ4n) is 2.66. The van der Waals surface area contributed by atoms with Crippen molar-refractivity contribution in [1.82, 2.24) is 4.57 Å². The van der Waals surface area contributed by atoms with Crippen molar-refractivity contribution in [3.05, 3.63) is 41.2 Å². The van der Waals surface area contributed by atoms with E-state index in [9.17, 15) is 0 Å². The topological polar surface area (TPSA) is 47.2 Å². The molecule has 1 aliphatic heterocycles. The Kier molecular flexibility index (Phi) is 3.11. The van der Waals surface area contributed by atoms with Crippen LogP contribution in [0.1, 0.15) is 17.0 Å². The zero-order valence-electron chi connectivity index (χ0n) is 11.6. The molecule has 0 unspecified atom stereocenters. The maximum Gasteiger partial charge on any atom is 0.163 e. The summed E-state index contributed by atoms with van der Waals surface area (Å²) in [6.45, 7) is 5.27. The molecule has 2 aromatic rings. The van der Waals surface area contributed by atoms with Crippen LogP contribution in [0.5, 0.6) is 11.5 Å². The highest BCUT2D eigenvalue weighted by Crippen LogP contribution is 2.33. The first-order chi connectivity index (χ1) is 9.70. The molecule has 0 spiro atoms. The van der Waals surface area contributed by atoms with Gasteiger partial charge in [-0.25, -0.2) is 0 Å². The van der Waals surface area contributed by atoms with Crippen molar-refractivity contribution in [3.63, 3.8) is 0 Å². The summed E-state index contributed by atoms with van der Waals surface area (Å²) in [5.74, 6) is 1.57. The van der Waals surface area contributed by atoms with Crippen LogP contribution < -0.4 is 9.47 Å². The number of aryl methyl sites for hydroxylation is 1. The van der Waals surface area contributed by atoms with Gasteiger partial charge in [-0.15, -0.1) is 0 Å². The number of nitriles is 1. The molecule has 4 heteroatoms. The van der Waals surface area contributed by atoms with Crippen LogP contribution in [0.4, 0.5) is 0 Å². The molecule has 1 aromatic carbocycles. The van der Waals surface area contributed by atoms with Gasteiger partial charge in [0.2, 0.25) is 0 Å². The van der Waals surface area contributed by atoms with Crippen LogP contribution >= 0.6 is 0 Å². The van der Waals surface area contributed by atoms with Crippen molar-refractivity contribution in [2.24, 2.45) is 0 Å². The smallest absolute Gasteiger partial charge is 0.163 e. The Balaban J connectivity index is 2.07. The minimum absolute atomic E-state index is 0.435. The third kappa shape index (κ3) is 2.01. The van der Waals surface area contributed by atoms with Crippen molar-refractivity contribution < 1.29 is 9.47 Å². The predicted molar refractivity (Wildman–Crippen MR) is 75.6 cm³/mol. The van der Waals surface area contributed by atoms with E-state index < -0.39 is 0 Å². The van der Waals surface area contributed by atoms with Gasteiger partial charge in [-0.2, -0.15) is 5.26 Å². The van der Waals surface area contributed by atoms with Gasteiger partial charge in [0.1, 0.15) is 13.2 Å². The highest BCUT2D eigenvalue weighted by atomic mass is 16.6. The maximum absolute atomic E-state index is 8.88. The van der Waals surface area contributed by atoms with Gasteiger partial charge >= 0.3 is 0 Å². The SMILES string of the molecule is Cc1cc(CC#N)c(C)n1-c1ccc2c(c1)OCCO2. The van der Waals surface area contributed by atoms with Crippen LogP contribution in [-0.2, 0) is 6.42 Å². The lowest BCUT2D eigenvalue weighted by molar-refractivity contribution is 0.171. The van der Waals surface area contributed by atoms with Crippen LogP contribution in [-0.4, -0.2) is 17.8 Å². The number of hydrogen-bond donors (Lipinski definition) is 0. The molecular formula is C16H16N2O2. The molecule has 102 valence electrons. The lowest BCUT2D eigenvalue weighted by Crippen LogP contribution is -2.15. The van der Waals surface area contributed by atoms with Crippen molar-refractivity contribution >= 4 is 0 Å². The number of aromatic nitrogens is 1. The Morgan fingerprint density at radius 3 is 2.65 bits per heavy atom. The van der Waals surface area contributed by atoms with Crippen LogP contribution in [0.15, 0.2) is 24.3 Å². The highest BCUT2D eigenvalue weighted by molar-refractivity contribution is 5.52. The number of fused-ring (bicyclic) bond motifs is 1. The zero-order valence-corrected chi connectivity index (χ0v) is 11.6. The predicted octanol–water partition coefficient (Wildman–Crippen LogP) is 2.93. The standard InChI is InChI=1S/C16H16N2O2/c1-11-9-13(5-6-17)12(2)18(11)14-3-4-15-16(10-14)20-8-7-19-15/h3-4,9-10H,5,7-8H2,1-2H3. The molecule has 2 heterocycles. The molecule has 0 saturated heterocycles. The third-order valence-corrected chi connectivity index (χ3v) is 3.59. The van der Waals surface area contributed by atoms with E-state index in [1.807, 2.05) is 32.0 Å². The first-order valence-corrected chi connectivity index (χ1v) is 6.65. The second kappa shape index (κ2) is 4.93. The number of benzene rings is 1. The molecule has 0 N–H and O–H groups in total. The van der Waals surface area contributed by atoms with Crippen LogP contribution in [0, 0.1) is 25.2 Å². The molecule has 0 radical (unpaired) electrons. The molecule has 0 amide bonds. The molecule has 0 atom stereocenters. The van der Waals surface area contributed by atoms with Gasteiger partial charge in [0.25, 0.3) is 0 Å². The molecule has 0 bridgehead atoms. The van der Waals surface area contributed by atoms with Crippen LogP contribution in [0.3, 0.4) is 0 Å². The average Bonchev–Trinajstić information content (AvgIpc) is 2.73. The third-order valence-electron chi connectivity index (χ3n) is 3.59. The van der Waals surface area contributed by atoms with E-state index in [4.69, 9.17) is 14.7 Å². The zero-order chi connectivity index (χ0) is 14.1. The lowest BCUT2D eigenvalue weighted by atomic mass is 10.2. The van der Waals surface area contributed by atoms with Gasteiger partial charge in [0, 0.05) is 23.1 Å². The first kappa shape index (κ1) is 12.6. The maximum atomic E-state index is 8.88. The van der Waals surface area contributed by atoms with E-state index in [2.05, 4.69) is 16.7 Å². The van der Waals surface area contributed by atoms with Crippen molar-refractivity contribution in [2.45, 2.75) is 20.3 Å². The number of rotatable bonds is 2. The number of hydrogen-bond acceptors (Lipinski definition) is 3. The van der Waals surface area contributed by atoms with E-state index in [1.54, 1.807) is 0 Å². The first-order valence-electron chi connectivity index (χ1n) is 6.65. The van der Waals surface area contributed by atoms with E-state index in [1.165, 1.54) is 0 Å². The monoisotopic (exact) mass is 268 g/mol. The molecular weight excluding hydrogens is 252 g/mol. The number of nitrogens with zero attached hydrogens (tertiary/aromatic N) is 2. The Hall–Kier alpha value is -2.41. The molecule has 1 aliphatic rings. The van der Waals surface area contributed by atoms with Crippen molar-refractivity contribution in [3.8, 4) is 23.3 Å². The Morgan fingerprint density at radius 2 is 1.90 bits per heavy atom. The van der Waals surface area contributed by atoms with Gasteiger partial charge < -0.3 is 14.0 Å². The summed E-state index contributed by atoms with van der Waals surface area (Å²) < 4.78 is 13.3. The lowest BCUT2D eigenvalue weighted by Gasteiger charge is -2.20. The summed E-state index contributed by atoms with van der Waals surface area (Å²) in [5, 5.41) is 8.88. The van der Waals surface area contributed by atoms with Gasteiger partial charge in [0.15, 0.2) is 11.5 Å². The van der Waals surface area contributed by atoms with E-state index in [0.29, 0.717) is 19.6 Å². The molecule has 20 heavy (non-hydrogen) atoms. The molecule has 3 rings (SSSR count). The fraction of sp³-hybridized carbons (Fsp3) is 0.312. The largest absolute Gasteiger partial charge is 0.486 e. The molecule has 4 nitrogen and oxygen atoms in total. The Morgan fingerprint density at radius 1 is 1.15 bits per heavy atom. The fourth-order valence-corrected chi connectivity index (χ4v) is 2.66. The quantitative estimate of drug-likeness (QED) is 0.841. The molecule has 0 fully saturated rings. The Bertz CT molecular complexity index is 695. The summed E-state index contributed by atoms with van der Waals surface area (Å²) in [5.41, 5.74) is 4.32. The average molecular weight is 268 g/mol. The summed E-state index contributed by atoms with van der Waals surface area (Å²) >= 11 is 0. The van der Waals surface area contributed by atoms with E-state index >= 15 is 0 Å². The minimum Gasteiger partial charge on any atom is -0.486 e. The minimum atomic E-state index is 0.435. The molecule has 0 aliphatic carbocycles. The number of ether oxygens (including phenoxy) is 2. The van der Waals surface area contributed by atoms with Gasteiger partial charge in [-0.3, -0.25) is 0 Å². The van der Waals surface area contributed by atoms with Crippen molar-refractivity contribution in [2.75, 3.05) is 13.2 Å². The second-order valence-electron chi connectivity index (χ2n) is 4.89. The van der Waals surface area contributed by atoms with Gasteiger partial charge in [0.05, 0.1) is 12.5 Å². The highest BCUT2D eigenvalue weighted by Gasteiger charge is 2.15. The van der Waals surface area contributed by atoms with E-state index in [0.717, 1.165) is 34.1 Å². The van der Waals surface area contributed by atoms with Gasteiger partial charge in [-0.1, -0.05) is 0 Å². The summed E-state index contributed by atoms with van der Waals surface area (Å²) in [4.78, 5) is 0. The Labute approximate surface area is 118 Å². The van der Waals surface area contributed by atoms with Crippen molar-refractivity contribution in [1.29, 1.82) is 5.26 Å². The van der Waals surface area contributed by atoms with E-state index in [-0.39, 0.29) is 0 Å². The normalized spacial score (nSPS) is 13.1. The summed E-state index contributed by atoms with van der Waals surface area (Å²) in [6, 6.07) is 10.2. The van der Waals surface area contributed by atoms with Crippen LogP contribution in [0.2, 0.25) is 0 Å². The van der Waals surface area contributed by atoms with Crippen LogP contribution in [0.25, 0.3) is 5.69 Å². The second-order valence-corrected chi connectivity index (χ2v) is 4.89.